The minimum atomic E-state index is -0.760. The number of aliphatic hydroxyl groups is 2. The van der Waals surface area contributed by atoms with Crippen molar-refractivity contribution >= 4 is 17.4 Å². The van der Waals surface area contributed by atoms with Gasteiger partial charge in [-0.1, -0.05) is 30.3 Å². The summed E-state index contributed by atoms with van der Waals surface area (Å²) in [7, 11) is 0. The Kier molecular flexibility index (Phi) is 5.57. The molecular weight excluding hydrogens is 346 g/mol. The second kappa shape index (κ2) is 8.05. The minimum absolute atomic E-state index is 0.00416. The molecular formula is C21H21NO5. The van der Waals surface area contributed by atoms with Crippen molar-refractivity contribution in [3.8, 4) is 5.75 Å². The van der Waals surface area contributed by atoms with Crippen molar-refractivity contribution < 1.29 is 24.5 Å². The first-order chi connectivity index (χ1) is 13.1. The number of carbonyl (C=O) groups is 2. The Balaban J connectivity index is 2.10. The summed E-state index contributed by atoms with van der Waals surface area (Å²) in [4.78, 5) is 26.4. The fourth-order valence-corrected chi connectivity index (χ4v) is 3.23. The lowest BCUT2D eigenvalue weighted by molar-refractivity contribution is -0.140. The van der Waals surface area contributed by atoms with Crippen molar-refractivity contribution in [2.75, 3.05) is 19.8 Å². The number of Topliss-reactive ketones (excluding diaryl/α,β-unsaturated/α-hetero) is 1. The summed E-state index contributed by atoms with van der Waals surface area (Å²) < 4.78 is 5.39. The van der Waals surface area contributed by atoms with Gasteiger partial charge in [0.05, 0.1) is 24.8 Å². The Morgan fingerprint density at radius 1 is 1.07 bits per heavy atom. The van der Waals surface area contributed by atoms with Crippen molar-refractivity contribution in [1.29, 1.82) is 0 Å². The number of likely N-dealkylation sites (tertiary alicyclic amines) is 1. The van der Waals surface area contributed by atoms with Crippen LogP contribution in [0, 0.1) is 0 Å². The quantitative estimate of drug-likeness (QED) is 0.465. The fraction of sp³-hybridized carbons (Fsp3) is 0.238. The summed E-state index contributed by atoms with van der Waals surface area (Å²) in [6.07, 6.45) is 0. The van der Waals surface area contributed by atoms with E-state index in [1.807, 2.05) is 13.0 Å². The van der Waals surface area contributed by atoms with E-state index in [1.165, 1.54) is 4.90 Å². The SMILES string of the molecule is CCOc1ccc(/C(O)=C2\C(=O)C(=O)N(CCO)C2c2ccccc2)cc1. The van der Waals surface area contributed by atoms with Crippen molar-refractivity contribution in [2.24, 2.45) is 0 Å². The molecule has 0 radical (unpaired) electrons. The van der Waals surface area contributed by atoms with Gasteiger partial charge < -0.3 is 19.8 Å². The summed E-state index contributed by atoms with van der Waals surface area (Å²) >= 11 is 0. The number of rotatable bonds is 6. The van der Waals surface area contributed by atoms with Gasteiger partial charge in [0.25, 0.3) is 11.7 Å². The van der Waals surface area contributed by atoms with E-state index >= 15 is 0 Å². The molecule has 1 heterocycles. The first-order valence-corrected chi connectivity index (χ1v) is 8.76. The van der Waals surface area contributed by atoms with Gasteiger partial charge >= 0.3 is 0 Å². The number of β-amino-alcohol motifs (C(OH)–C–C–N with tert-alkyl or cyclic N) is 1. The molecule has 1 atom stereocenters. The molecule has 1 amide bonds. The monoisotopic (exact) mass is 367 g/mol. The number of nitrogens with zero attached hydrogens (tertiary/aromatic N) is 1. The van der Waals surface area contributed by atoms with E-state index in [0.29, 0.717) is 23.5 Å². The normalized spacial score (nSPS) is 18.7. The third kappa shape index (κ3) is 3.57. The Labute approximate surface area is 157 Å². The first kappa shape index (κ1) is 18.7. The Hall–Kier alpha value is -3.12. The van der Waals surface area contributed by atoms with Crippen molar-refractivity contribution in [2.45, 2.75) is 13.0 Å². The Morgan fingerprint density at radius 3 is 2.33 bits per heavy atom. The number of amides is 1. The van der Waals surface area contributed by atoms with Crippen molar-refractivity contribution in [3.63, 3.8) is 0 Å². The molecule has 2 aromatic rings. The smallest absolute Gasteiger partial charge is 0.295 e. The van der Waals surface area contributed by atoms with Crippen LogP contribution in [-0.2, 0) is 9.59 Å². The van der Waals surface area contributed by atoms with Crippen LogP contribution in [0.25, 0.3) is 5.76 Å². The van der Waals surface area contributed by atoms with Crippen molar-refractivity contribution in [3.05, 3.63) is 71.3 Å². The first-order valence-electron chi connectivity index (χ1n) is 8.76. The van der Waals surface area contributed by atoms with Gasteiger partial charge in [-0.2, -0.15) is 0 Å². The molecule has 1 aliphatic heterocycles. The van der Waals surface area contributed by atoms with Gasteiger partial charge in [0.1, 0.15) is 11.5 Å². The van der Waals surface area contributed by atoms with Crippen LogP contribution >= 0.6 is 0 Å². The van der Waals surface area contributed by atoms with E-state index in [4.69, 9.17) is 4.74 Å². The number of aliphatic hydroxyl groups excluding tert-OH is 2. The van der Waals surface area contributed by atoms with E-state index in [0.717, 1.165) is 0 Å². The lowest BCUT2D eigenvalue weighted by atomic mass is 9.95. The van der Waals surface area contributed by atoms with Crippen LogP contribution in [0.2, 0.25) is 0 Å². The molecule has 0 saturated carbocycles. The van der Waals surface area contributed by atoms with Crippen LogP contribution in [-0.4, -0.2) is 46.6 Å². The highest BCUT2D eigenvalue weighted by Crippen LogP contribution is 2.39. The van der Waals surface area contributed by atoms with E-state index in [9.17, 15) is 19.8 Å². The number of carbonyl (C=O) groups excluding carboxylic acids is 2. The summed E-state index contributed by atoms with van der Waals surface area (Å²) in [6.45, 7) is 2.12. The van der Waals surface area contributed by atoms with Crippen LogP contribution in [0.4, 0.5) is 0 Å². The van der Waals surface area contributed by atoms with Crippen LogP contribution < -0.4 is 4.74 Å². The topological polar surface area (TPSA) is 87.1 Å². The molecule has 2 aromatic carbocycles. The zero-order valence-corrected chi connectivity index (χ0v) is 15.0. The second-order valence-corrected chi connectivity index (χ2v) is 6.08. The van der Waals surface area contributed by atoms with Gasteiger partial charge in [0, 0.05) is 12.1 Å². The van der Waals surface area contributed by atoms with Gasteiger partial charge in [0.15, 0.2) is 0 Å². The lowest BCUT2D eigenvalue weighted by Gasteiger charge is -2.24. The van der Waals surface area contributed by atoms with Crippen LogP contribution in [0.5, 0.6) is 5.75 Å². The van der Waals surface area contributed by atoms with E-state index in [2.05, 4.69) is 0 Å². The van der Waals surface area contributed by atoms with Gasteiger partial charge in [0.2, 0.25) is 0 Å². The predicted octanol–water partition coefficient (Wildman–Crippen LogP) is 2.50. The largest absolute Gasteiger partial charge is 0.507 e. The van der Waals surface area contributed by atoms with Crippen LogP contribution in [0.15, 0.2) is 60.2 Å². The highest BCUT2D eigenvalue weighted by Gasteiger charge is 2.45. The van der Waals surface area contributed by atoms with Gasteiger partial charge in [-0.05, 0) is 36.8 Å². The van der Waals surface area contributed by atoms with E-state index < -0.39 is 17.7 Å². The maximum atomic E-state index is 12.6. The predicted molar refractivity (Wildman–Crippen MR) is 100 cm³/mol. The maximum Gasteiger partial charge on any atom is 0.295 e. The van der Waals surface area contributed by atoms with Gasteiger partial charge in [-0.25, -0.2) is 0 Å². The van der Waals surface area contributed by atoms with Gasteiger partial charge in [-0.15, -0.1) is 0 Å². The second-order valence-electron chi connectivity index (χ2n) is 6.08. The Morgan fingerprint density at radius 2 is 1.74 bits per heavy atom. The highest BCUT2D eigenvalue weighted by molar-refractivity contribution is 6.46. The molecule has 0 spiro atoms. The summed E-state index contributed by atoms with van der Waals surface area (Å²) in [5, 5.41) is 20.1. The lowest BCUT2D eigenvalue weighted by Crippen LogP contribution is -2.32. The third-order valence-electron chi connectivity index (χ3n) is 4.43. The zero-order chi connectivity index (χ0) is 19.4. The van der Waals surface area contributed by atoms with Gasteiger partial charge in [-0.3, -0.25) is 9.59 Å². The molecule has 0 aliphatic carbocycles. The molecule has 1 saturated heterocycles. The molecule has 6 heteroatoms. The molecule has 0 bridgehead atoms. The zero-order valence-electron chi connectivity index (χ0n) is 15.0. The molecule has 27 heavy (non-hydrogen) atoms. The van der Waals surface area contributed by atoms with Crippen LogP contribution in [0.3, 0.4) is 0 Å². The number of ketones is 1. The maximum absolute atomic E-state index is 12.6. The molecule has 140 valence electrons. The number of ether oxygens (including phenoxy) is 1. The summed E-state index contributed by atoms with van der Waals surface area (Å²) in [5.41, 5.74) is 1.13. The Bertz CT molecular complexity index is 858. The summed E-state index contributed by atoms with van der Waals surface area (Å²) in [5.74, 6) is -1.09. The van der Waals surface area contributed by atoms with Crippen LogP contribution in [0.1, 0.15) is 24.1 Å². The molecule has 1 aliphatic rings. The fourth-order valence-electron chi connectivity index (χ4n) is 3.23. The average Bonchev–Trinajstić information content (AvgIpc) is 2.94. The molecule has 1 fully saturated rings. The average molecular weight is 367 g/mol. The van der Waals surface area contributed by atoms with E-state index in [1.54, 1.807) is 48.5 Å². The van der Waals surface area contributed by atoms with E-state index in [-0.39, 0.29) is 24.5 Å². The standard InChI is InChI=1S/C21H21NO5/c1-2-27-16-10-8-15(9-11-16)19(24)17-18(14-6-4-3-5-7-14)22(12-13-23)21(26)20(17)25/h3-11,18,23-24H,2,12-13H2,1H3/b19-17+. The molecule has 3 rings (SSSR count). The summed E-state index contributed by atoms with van der Waals surface area (Å²) in [6, 6.07) is 14.9. The number of hydrogen-bond donors (Lipinski definition) is 2. The third-order valence-corrected chi connectivity index (χ3v) is 4.43. The number of hydrogen-bond acceptors (Lipinski definition) is 5. The molecule has 6 nitrogen and oxygen atoms in total. The minimum Gasteiger partial charge on any atom is -0.507 e. The number of benzene rings is 2. The molecule has 0 aromatic heterocycles. The molecule has 2 N–H and O–H groups in total. The molecule has 1 unspecified atom stereocenters. The van der Waals surface area contributed by atoms with Crippen molar-refractivity contribution in [1.82, 2.24) is 4.90 Å². The highest BCUT2D eigenvalue weighted by atomic mass is 16.5.